The van der Waals surface area contributed by atoms with E-state index >= 15 is 0 Å². The summed E-state index contributed by atoms with van der Waals surface area (Å²) in [4.78, 5) is 4.13. The van der Waals surface area contributed by atoms with Crippen LogP contribution in [0.1, 0.15) is 27.7 Å². The van der Waals surface area contributed by atoms with Gasteiger partial charge in [0.2, 0.25) is 0 Å². The lowest BCUT2D eigenvalue weighted by Crippen LogP contribution is -1.94. The summed E-state index contributed by atoms with van der Waals surface area (Å²) in [6.07, 6.45) is 3.96. The number of rotatable bonds is 3. The van der Waals surface area contributed by atoms with Gasteiger partial charge in [-0.25, -0.2) is 0 Å². The fourth-order valence-electron chi connectivity index (χ4n) is 0.742. The molecule has 0 fully saturated rings. The van der Waals surface area contributed by atoms with Gasteiger partial charge in [0.1, 0.15) is 0 Å². The van der Waals surface area contributed by atoms with Crippen LogP contribution in [0.15, 0.2) is 28.9 Å². The van der Waals surface area contributed by atoms with Gasteiger partial charge in [0.25, 0.3) is 0 Å². The molecule has 0 bridgehead atoms. The van der Waals surface area contributed by atoms with E-state index in [1.54, 1.807) is 0 Å². The minimum Gasteiger partial charge on any atom is -0.262 e. The van der Waals surface area contributed by atoms with Crippen LogP contribution >= 0.6 is 0 Å². The predicted octanol–water partition coefficient (Wildman–Crippen LogP) is 3.19. The monoisotopic (exact) mass is 151 g/mol. The fraction of sp³-hybridized carbons (Fsp3) is 0.500. The number of hydrogen-bond donors (Lipinski definition) is 0. The molecule has 0 radical (unpaired) electrons. The van der Waals surface area contributed by atoms with Crippen molar-refractivity contribution in [2.45, 2.75) is 27.7 Å². The molecule has 0 unspecified atom stereocenters. The molecule has 1 nitrogen and oxygen atoms in total. The first-order valence-corrected chi connectivity index (χ1v) is 3.93. The van der Waals surface area contributed by atoms with Crippen LogP contribution in [0.3, 0.4) is 0 Å². The van der Waals surface area contributed by atoms with E-state index in [0.717, 1.165) is 5.70 Å². The second-order valence-electron chi connectivity index (χ2n) is 2.94. The Morgan fingerprint density at radius 1 is 1.45 bits per heavy atom. The van der Waals surface area contributed by atoms with Crippen LogP contribution < -0.4 is 0 Å². The highest BCUT2D eigenvalue weighted by Gasteiger charge is 1.96. The smallest absolute Gasteiger partial charge is 0.0302 e. The second-order valence-corrected chi connectivity index (χ2v) is 2.94. The Morgan fingerprint density at radius 2 is 2.00 bits per heavy atom. The summed E-state index contributed by atoms with van der Waals surface area (Å²) >= 11 is 0. The molecule has 0 aliphatic rings. The number of allylic oxidation sites excluding steroid dienone is 3. The zero-order chi connectivity index (χ0) is 8.85. The highest BCUT2D eigenvalue weighted by atomic mass is 14.7. The van der Waals surface area contributed by atoms with Crippen LogP contribution in [0.5, 0.6) is 0 Å². The van der Waals surface area contributed by atoms with Gasteiger partial charge < -0.3 is 0 Å². The zero-order valence-electron chi connectivity index (χ0n) is 7.89. The largest absolute Gasteiger partial charge is 0.262 e. The lowest BCUT2D eigenvalue weighted by molar-refractivity contribution is 0.804. The third-order valence-electron chi connectivity index (χ3n) is 1.43. The number of nitrogens with zero attached hydrogens (tertiary/aromatic N) is 1. The summed E-state index contributed by atoms with van der Waals surface area (Å²) in [6.45, 7) is 11.9. The Balaban J connectivity index is 4.22. The Labute approximate surface area is 69.5 Å². The quantitative estimate of drug-likeness (QED) is 0.549. The van der Waals surface area contributed by atoms with E-state index < -0.39 is 0 Å². The molecule has 0 aliphatic carbocycles. The molecule has 11 heavy (non-hydrogen) atoms. The van der Waals surface area contributed by atoms with Crippen LogP contribution in [-0.4, -0.2) is 6.21 Å². The average molecular weight is 151 g/mol. The Bertz CT molecular complexity index is 185. The van der Waals surface area contributed by atoms with E-state index in [1.165, 1.54) is 5.57 Å². The molecule has 0 heterocycles. The van der Waals surface area contributed by atoms with E-state index in [2.05, 4.69) is 31.5 Å². The van der Waals surface area contributed by atoms with Gasteiger partial charge in [-0.05, 0) is 25.3 Å². The molecule has 0 saturated carbocycles. The first-order chi connectivity index (χ1) is 5.07. The Hall–Kier alpha value is -0.850. The molecule has 0 aromatic heterocycles. The van der Waals surface area contributed by atoms with Crippen molar-refractivity contribution in [1.29, 1.82) is 0 Å². The molecular formula is C10H17N. The van der Waals surface area contributed by atoms with Crippen molar-refractivity contribution in [1.82, 2.24) is 0 Å². The van der Waals surface area contributed by atoms with Gasteiger partial charge in [0.05, 0.1) is 0 Å². The maximum absolute atomic E-state index is 4.13. The maximum atomic E-state index is 4.13. The summed E-state index contributed by atoms with van der Waals surface area (Å²) in [5, 5.41) is 0. The molecule has 0 aromatic rings. The molecule has 1 heteroatoms. The van der Waals surface area contributed by atoms with Crippen molar-refractivity contribution in [3.8, 4) is 0 Å². The van der Waals surface area contributed by atoms with Crippen molar-refractivity contribution in [2.75, 3.05) is 0 Å². The van der Waals surface area contributed by atoms with Gasteiger partial charge in [-0.1, -0.05) is 26.5 Å². The van der Waals surface area contributed by atoms with Gasteiger partial charge in [-0.2, -0.15) is 0 Å². The normalized spacial score (nSPS) is 13.0. The lowest BCUT2D eigenvalue weighted by atomic mass is 10.1. The number of hydrogen-bond acceptors (Lipinski definition) is 1. The molecule has 0 atom stereocenters. The van der Waals surface area contributed by atoms with E-state index in [0.29, 0.717) is 5.92 Å². The second kappa shape index (κ2) is 4.89. The van der Waals surface area contributed by atoms with E-state index in [-0.39, 0.29) is 0 Å². The minimum absolute atomic E-state index is 0.545. The standard InChI is InChI=1S/C10H17N/c1-6-10(8(2)3)7-11-9(4)5/h6-8H,4H2,1-3,5H3/b10-6+,11-7?. The van der Waals surface area contributed by atoms with E-state index in [4.69, 9.17) is 0 Å². The highest BCUT2D eigenvalue weighted by Crippen LogP contribution is 2.06. The molecule has 62 valence electrons. The van der Waals surface area contributed by atoms with Crippen LogP contribution in [0.25, 0.3) is 0 Å². The molecular weight excluding hydrogens is 134 g/mol. The minimum atomic E-state index is 0.545. The molecule has 0 rings (SSSR count). The van der Waals surface area contributed by atoms with Gasteiger partial charge >= 0.3 is 0 Å². The molecule has 0 spiro atoms. The van der Waals surface area contributed by atoms with E-state index in [1.807, 2.05) is 20.1 Å². The third kappa shape index (κ3) is 4.54. The fourth-order valence-corrected chi connectivity index (χ4v) is 0.742. The Morgan fingerprint density at radius 3 is 2.27 bits per heavy atom. The lowest BCUT2D eigenvalue weighted by Gasteiger charge is -2.03. The first kappa shape index (κ1) is 10.2. The first-order valence-electron chi connectivity index (χ1n) is 3.93. The third-order valence-corrected chi connectivity index (χ3v) is 1.43. The van der Waals surface area contributed by atoms with Gasteiger partial charge in [-0.15, -0.1) is 0 Å². The summed E-state index contributed by atoms with van der Waals surface area (Å²) in [5.74, 6) is 0.545. The van der Waals surface area contributed by atoms with Crippen molar-refractivity contribution < 1.29 is 0 Å². The topological polar surface area (TPSA) is 12.4 Å². The molecule has 0 aromatic carbocycles. The zero-order valence-corrected chi connectivity index (χ0v) is 7.89. The summed E-state index contributed by atoms with van der Waals surface area (Å²) in [6, 6.07) is 0. The summed E-state index contributed by atoms with van der Waals surface area (Å²) < 4.78 is 0. The molecule has 0 amide bonds. The number of aliphatic imine (C=N–C) groups is 1. The van der Waals surface area contributed by atoms with Crippen LogP contribution in [0.4, 0.5) is 0 Å². The van der Waals surface area contributed by atoms with Gasteiger partial charge in [0, 0.05) is 11.9 Å². The predicted molar refractivity (Wildman–Crippen MR) is 51.9 cm³/mol. The van der Waals surface area contributed by atoms with E-state index in [9.17, 15) is 0 Å². The van der Waals surface area contributed by atoms with Gasteiger partial charge in [-0.3, -0.25) is 4.99 Å². The van der Waals surface area contributed by atoms with Crippen molar-refractivity contribution >= 4 is 6.21 Å². The summed E-state index contributed by atoms with van der Waals surface area (Å²) in [7, 11) is 0. The van der Waals surface area contributed by atoms with Crippen molar-refractivity contribution in [3.63, 3.8) is 0 Å². The van der Waals surface area contributed by atoms with Crippen molar-refractivity contribution in [3.05, 3.63) is 23.9 Å². The van der Waals surface area contributed by atoms with Crippen LogP contribution in [-0.2, 0) is 0 Å². The average Bonchev–Trinajstić information content (AvgIpc) is 1.87. The molecule has 0 saturated heterocycles. The highest BCUT2D eigenvalue weighted by molar-refractivity contribution is 5.79. The Kier molecular flexibility index (Phi) is 4.51. The SMILES string of the molecule is C=C(C)N=C/C(=C\C)C(C)C. The summed E-state index contributed by atoms with van der Waals surface area (Å²) in [5.41, 5.74) is 2.11. The van der Waals surface area contributed by atoms with Crippen molar-refractivity contribution in [2.24, 2.45) is 10.9 Å². The van der Waals surface area contributed by atoms with Crippen LogP contribution in [0, 0.1) is 5.92 Å². The maximum Gasteiger partial charge on any atom is 0.0302 e. The molecule has 0 N–H and O–H groups in total. The van der Waals surface area contributed by atoms with Crippen LogP contribution in [0.2, 0.25) is 0 Å². The molecule has 0 aliphatic heterocycles. The van der Waals surface area contributed by atoms with Gasteiger partial charge in [0.15, 0.2) is 0 Å².